The summed E-state index contributed by atoms with van der Waals surface area (Å²) in [7, 11) is 0. The van der Waals surface area contributed by atoms with Crippen LogP contribution in [0.2, 0.25) is 0 Å². The van der Waals surface area contributed by atoms with Gasteiger partial charge in [0.25, 0.3) is 0 Å². The summed E-state index contributed by atoms with van der Waals surface area (Å²) >= 11 is 0. The Hall–Kier alpha value is -2.42. The van der Waals surface area contributed by atoms with Crippen LogP contribution in [-0.2, 0) is 9.53 Å². The van der Waals surface area contributed by atoms with E-state index in [1.165, 1.54) is 18.1 Å². The molecule has 3 nitrogen and oxygen atoms in total. The highest BCUT2D eigenvalue weighted by Gasteiger charge is 2.04. The van der Waals surface area contributed by atoms with Crippen LogP contribution in [0.1, 0.15) is 43.7 Å². The topological polar surface area (TPSA) is 39.2 Å². The van der Waals surface area contributed by atoms with Gasteiger partial charge in [-0.1, -0.05) is 42.5 Å². The standard InChI is InChI=1S/C20H23NO2/c1-17(22)23-15-8-3-2-7-13-20(18-10-5-4-6-11-18)19-12-9-14-21-16-19/h4-6,9-14,16H,2-3,7-8,15H2,1H3/b20-13+. The Kier molecular flexibility index (Phi) is 7.05. The molecule has 0 amide bonds. The number of ether oxygens (including phenoxy) is 1. The van der Waals surface area contributed by atoms with Gasteiger partial charge in [0.2, 0.25) is 0 Å². The van der Waals surface area contributed by atoms with Crippen molar-refractivity contribution < 1.29 is 9.53 Å². The van der Waals surface area contributed by atoms with Gasteiger partial charge in [0.15, 0.2) is 0 Å². The van der Waals surface area contributed by atoms with Crippen LogP contribution in [0.4, 0.5) is 0 Å². The van der Waals surface area contributed by atoms with Crippen molar-refractivity contribution in [2.24, 2.45) is 0 Å². The lowest BCUT2D eigenvalue weighted by atomic mass is 9.97. The molecular weight excluding hydrogens is 286 g/mol. The Morgan fingerprint density at radius 2 is 1.83 bits per heavy atom. The van der Waals surface area contributed by atoms with Crippen molar-refractivity contribution in [2.75, 3.05) is 6.61 Å². The van der Waals surface area contributed by atoms with E-state index in [2.05, 4.69) is 41.4 Å². The first-order valence-electron chi connectivity index (χ1n) is 8.06. The minimum absolute atomic E-state index is 0.201. The van der Waals surface area contributed by atoms with Crippen molar-refractivity contribution in [3.63, 3.8) is 0 Å². The van der Waals surface area contributed by atoms with E-state index in [1.807, 2.05) is 18.3 Å². The highest BCUT2D eigenvalue weighted by atomic mass is 16.5. The molecule has 1 heterocycles. The minimum Gasteiger partial charge on any atom is -0.466 e. The first-order chi connectivity index (χ1) is 11.3. The van der Waals surface area contributed by atoms with Crippen LogP contribution in [0.25, 0.3) is 5.57 Å². The van der Waals surface area contributed by atoms with E-state index in [-0.39, 0.29) is 5.97 Å². The second-order valence-corrected chi connectivity index (χ2v) is 5.41. The zero-order valence-corrected chi connectivity index (χ0v) is 13.6. The molecule has 0 saturated carbocycles. The number of aromatic nitrogens is 1. The molecule has 0 bridgehead atoms. The van der Waals surface area contributed by atoms with Crippen LogP contribution in [0, 0.1) is 0 Å². The molecule has 120 valence electrons. The van der Waals surface area contributed by atoms with Crippen molar-refractivity contribution in [3.8, 4) is 0 Å². The van der Waals surface area contributed by atoms with E-state index in [1.54, 1.807) is 6.20 Å². The zero-order chi connectivity index (χ0) is 16.3. The summed E-state index contributed by atoms with van der Waals surface area (Å²) in [6, 6.07) is 14.4. The number of hydrogen-bond acceptors (Lipinski definition) is 3. The van der Waals surface area contributed by atoms with Crippen molar-refractivity contribution in [2.45, 2.75) is 32.6 Å². The predicted octanol–water partition coefficient (Wildman–Crippen LogP) is 4.64. The number of carbonyl (C=O) groups is 1. The van der Waals surface area contributed by atoms with Gasteiger partial charge in [-0.3, -0.25) is 9.78 Å². The monoisotopic (exact) mass is 309 g/mol. The number of hydrogen-bond donors (Lipinski definition) is 0. The molecule has 23 heavy (non-hydrogen) atoms. The molecule has 2 aromatic rings. The molecule has 0 aliphatic rings. The molecule has 2 rings (SSSR count). The summed E-state index contributed by atoms with van der Waals surface area (Å²) in [5.74, 6) is -0.201. The van der Waals surface area contributed by atoms with Gasteiger partial charge in [-0.2, -0.15) is 0 Å². The van der Waals surface area contributed by atoms with Crippen LogP contribution >= 0.6 is 0 Å². The average molecular weight is 309 g/mol. The molecule has 0 aliphatic heterocycles. The summed E-state index contributed by atoms with van der Waals surface area (Å²) < 4.78 is 4.95. The molecule has 0 saturated heterocycles. The van der Waals surface area contributed by atoms with E-state index < -0.39 is 0 Å². The van der Waals surface area contributed by atoms with Gasteiger partial charge >= 0.3 is 5.97 Å². The summed E-state index contributed by atoms with van der Waals surface area (Å²) in [6.45, 7) is 1.97. The first kappa shape index (κ1) is 16.9. The highest BCUT2D eigenvalue weighted by Crippen LogP contribution is 2.23. The molecular formula is C20H23NO2. The van der Waals surface area contributed by atoms with E-state index in [4.69, 9.17) is 4.74 Å². The van der Waals surface area contributed by atoms with Crippen LogP contribution in [-0.4, -0.2) is 17.6 Å². The molecule has 0 radical (unpaired) electrons. The van der Waals surface area contributed by atoms with Crippen LogP contribution in [0.5, 0.6) is 0 Å². The summed E-state index contributed by atoms with van der Waals surface area (Å²) in [4.78, 5) is 14.9. The van der Waals surface area contributed by atoms with Gasteiger partial charge in [0.05, 0.1) is 6.61 Å². The van der Waals surface area contributed by atoms with Gasteiger partial charge in [-0.05, 0) is 42.9 Å². The Balaban J connectivity index is 1.94. The number of allylic oxidation sites excluding steroid dienone is 1. The van der Waals surface area contributed by atoms with E-state index in [9.17, 15) is 4.79 Å². The third kappa shape index (κ3) is 6.07. The van der Waals surface area contributed by atoms with Crippen LogP contribution in [0.3, 0.4) is 0 Å². The Morgan fingerprint density at radius 1 is 1.04 bits per heavy atom. The van der Waals surface area contributed by atoms with Crippen molar-refractivity contribution in [3.05, 3.63) is 72.1 Å². The Morgan fingerprint density at radius 3 is 2.52 bits per heavy atom. The van der Waals surface area contributed by atoms with Crippen molar-refractivity contribution in [1.82, 2.24) is 4.98 Å². The van der Waals surface area contributed by atoms with Crippen LogP contribution in [0.15, 0.2) is 60.9 Å². The molecule has 0 aliphatic carbocycles. The predicted molar refractivity (Wildman–Crippen MR) is 92.9 cm³/mol. The number of carbonyl (C=O) groups excluding carboxylic acids is 1. The molecule has 1 aromatic carbocycles. The quantitative estimate of drug-likeness (QED) is 0.527. The Bertz CT molecular complexity index is 579. The summed E-state index contributed by atoms with van der Waals surface area (Å²) in [6.07, 6.45) is 10.0. The van der Waals surface area contributed by atoms with E-state index in [0.717, 1.165) is 31.2 Å². The lowest BCUT2D eigenvalue weighted by molar-refractivity contribution is -0.141. The maximum Gasteiger partial charge on any atom is 0.302 e. The summed E-state index contributed by atoms with van der Waals surface area (Å²) in [5, 5.41) is 0. The second kappa shape index (κ2) is 9.57. The fourth-order valence-electron chi connectivity index (χ4n) is 2.43. The summed E-state index contributed by atoms with van der Waals surface area (Å²) in [5.41, 5.74) is 3.57. The van der Waals surface area contributed by atoms with E-state index in [0.29, 0.717) is 6.61 Å². The minimum atomic E-state index is -0.201. The Labute approximate surface area is 138 Å². The number of nitrogens with zero attached hydrogens (tertiary/aromatic N) is 1. The lowest BCUT2D eigenvalue weighted by Crippen LogP contribution is -1.99. The van der Waals surface area contributed by atoms with Gasteiger partial charge in [0, 0.05) is 24.9 Å². The highest BCUT2D eigenvalue weighted by molar-refractivity contribution is 5.79. The SMILES string of the molecule is CC(=O)OCCCCC/C=C(\c1ccccc1)c1cccnc1. The normalized spacial score (nSPS) is 11.3. The molecule has 0 spiro atoms. The zero-order valence-electron chi connectivity index (χ0n) is 13.6. The third-order valence-electron chi connectivity index (χ3n) is 3.56. The number of unbranched alkanes of at least 4 members (excludes halogenated alkanes) is 3. The molecule has 1 aromatic heterocycles. The van der Waals surface area contributed by atoms with Crippen molar-refractivity contribution in [1.29, 1.82) is 0 Å². The van der Waals surface area contributed by atoms with E-state index >= 15 is 0 Å². The fourth-order valence-corrected chi connectivity index (χ4v) is 2.43. The number of benzene rings is 1. The van der Waals surface area contributed by atoms with Gasteiger partial charge < -0.3 is 4.74 Å². The number of rotatable bonds is 8. The molecule has 0 N–H and O–H groups in total. The fraction of sp³-hybridized carbons (Fsp3) is 0.300. The average Bonchev–Trinajstić information content (AvgIpc) is 2.59. The van der Waals surface area contributed by atoms with Crippen LogP contribution < -0.4 is 0 Å². The van der Waals surface area contributed by atoms with Gasteiger partial charge in [-0.25, -0.2) is 0 Å². The van der Waals surface area contributed by atoms with Gasteiger partial charge in [0.1, 0.15) is 0 Å². The number of pyridine rings is 1. The third-order valence-corrected chi connectivity index (χ3v) is 3.56. The maximum atomic E-state index is 10.7. The molecule has 0 unspecified atom stereocenters. The number of esters is 1. The largest absolute Gasteiger partial charge is 0.466 e. The smallest absolute Gasteiger partial charge is 0.302 e. The van der Waals surface area contributed by atoms with Crippen molar-refractivity contribution >= 4 is 11.5 Å². The molecule has 3 heteroatoms. The molecule has 0 fully saturated rings. The second-order valence-electron chi connectivity index (χ2n) is 5.41. The first-order valence-corrected chi connectivity index (χ1v) is 8.06. The molecule has 0 atom stereocenters. The van der Waals surface area contributed by atoms with Gasteiger partial charge in [-0.15, -0.1) is 0 Å². The lowest BCUT2D eigenvalue weighted by Gasteiger charge is -2.08. The maximum absolute atomic E-state index is 10.7.